The Morgan fingerprint density at radius 2 is 1.96 bits per heavy atom. The standard InChI is InChI=1S/C17H14N2O4S/c1-10-2-7-13-14(8-10)23-17(19-13)24-9-15(20)18-12-5-3-11(4-6-12)16(21)22/h2-8H,9H2,1H3,(H,18,20)(H,21,22). The molecule has 1 amide bonds. The van der Waals surface area contributed by atoms with Crippen LogP contribution in [0.15, 0.2) is 52.1 Å². The Hall–Kier alpha value is -2.80. The number of rotatable bonds is 5. The van der Waals surface area contributed by atoms with Crippen LogP contribution >= 0.6 is 11.8 Å². The van der Waals surface area contributed by atoms with Crippen LogP contribution in [0.4, 0.5) is 5.69 Å². The Bertz CT molecular complexity index is 903. The number of aromatic carboxylic acids is 1. The Kier molecular flexibility index (Phi) is 4.52. The first-order valence-corrected chi connectivity index (χ1v) is 8.13. The summed E-state index contributed by atoms with van der Waals surface area (Å²) in [7, 11) is 0. The minimum atomic E-state index is -1.00. The fourth-order valence-corrected chi connectivity index (χ4v) is 2.73. The van der Waals surface area contributed by atoms with E-state index in [2.05, 4.69) is 10.3 Å². The van der Waals surface area contributed by atoms with Crippen molar-refractivity contribution < 1.29 is 19.1 Å². The first-order chi connectivity index (χ1) is 11.5. The molecule has 1 aromatic heterocycles. The highest BCUT2D eigenvalue weighted by Crippen LogP contribution is 2.24. The number of aryl methyl sites for hydroxylation is 1. The van der Waals surface area contributed by atoms with Crippen LogP contribution in [0.1, 0.15) is 15.9 Å². The zero-order valence-corrected chi connectivity index (χ0v) is 13.6. The maximum Gasteiger partial charge on any atom is 0.335 e. The third-order valence-corrected chi connectivity index (χ3v) is 4.09. The molecule has 7 heteroatoms. The van der Waals surface area contributed by atoms with Crippen molar-refractivity contribution >= 4 is 40.4 Å². The number of carbonyl (C=O) groups excluding carboxylic acids is 1. The maximum absolute atomic E-state index is 12.0. The van der Waals surface area contributed by atoms with Crippen molar-refractivity contribution in [1.82, 2.24) is 4.98 Å². The lowest BCUT2D eigenvalue weighted by Gasteiger charge is -2.04. The van der Waals surface area contributed by atoms with Gasteiger partial charge in [-0.25, -0.2) is 9.78 Å². The molecule has 1 heterocycles. The largest absolute Gasteiger partial charge is 0.478 e. The zero-order chi connectivity index (χ0) is 17.1. The van der Waals surface area contributed by atoms with Crippen molar-refractivity contribution in [3.05, 3.63) is 53.6 Å². The summed E-state index contributed by atoms with van der Waals surface area (Å²) in [6.07, 6.45) is 0. The van der Waals surface area contributed by atoms with E-state index in [1.54, 1.807) is 12.1 Å². The number of carboxylic acids is 1. The van der Waals surface area contributed by atoms with Gasteiger partial charge in [-0.1, -0.05) is 17.8 Å². The highest BCUT2D eigenvalue weighted by molar-refractivity contribution is 7.99. The number of aromatic nitrogens is 1. The normalized spacial score (nSPS) is 10.7. The molecule has 0 aliphatic heterocycles. The summed E-state index contributed by atoms with van der Waals surface area (Å²) < 4.78 is 5.60. The van der Waals surface area contributed by atoms with Crippen LogP contribution < -0.4 is 5.32 Å². The van der Waals surface area contributed by atoms with Gasteiger partial charge in [0.15, 0.2) is 5.58 Å². The third kappa shape index (κ3) is 3.75. The van der Waals surface area contributed by atoms with Crippen LogP contribution in [-0.2, 0) is 4.79 Å². The number of amides is 1. The number of oxazole rings is 1. The number of hydrogen-bond acceptors (Lipinski definition) is 5. The Balaban J connectivity index is 1.59. The molecule has 3 aromatic rings. The number of fused-ring (bicyclic) bond motifs is 1. The molecule has 6 nitrogen and oxygen atoms in total. The summed E-state index contributed by atoms with van der Waals surface area (Å²) in [5.41, 5.74) is 3.25. The maximum atomic E-state index is 12.0. The minimum absolute atomic E-state index is 0.145. The molecule has 0 spiro atoms. The summed E-state index contributed by atoms with van der Waals surface area (Å²) in [6.45, 7) is 1.97. The second-order valence-corrected chi connectivity index (χ2v) is 6.10. The average molecular weight is 342 g/mol. The summed E-state index contributed by atoms with van der Waals surface area (Å²) in [4.78, 5) is 27.1. The number of anilines is 1. The van der Waals surface area contributed by atoms with E-state index in [1.807, 2.05) is 25.1 Å². The SMILES string of the molecule is Cc1ccc2nc(SCC(=O)Nc3ccc(C(=O)O)cc3)oc2c1. The lowest BCUT2D eigenvalue weighted by molar-refractivity contribution is -0.113. The highest BCUT2D eigenvalue weighted by Gasteiger charge is 2.10. The molecule has 2 aromatic carbocycles. The second-order valence-electron chi connectivity index (χ2n) is 5.17. The van der Waals surface area contributed by atoms with E-state index < -0.39 is 5.97 Å². The van der Waals surface area contributed by atoms with Crippen LogP contribution in [0.5, 0.6) is 0 Å². The topological polar surface area (TPSA) is 92.4 Å². The van der Waals surface area contributed by atoms with E-state index in [0.717, 1.165) is 11.1 Å². The van der Waals surface area contributed by atoms with Gasteiger partial charge >= 0.3 is 5.97 Å². The lowest BCUT2D eigenvalue weighted by atomic mass is 10.2. The number of thioether (sulfide) groups is 1. The third-order valence-electron chi connectivity index (χ3n) is 3.27. The molecule has 0 saturated heterocycles. The predicted octanol–water partition coefficient (Wildman–Crippen LogP) is 3.57. The number of carbonyl (C=O) groups is 2. The number of nitrogens with one attached hydrogen (secondary N) is 1. The van der Waals surface area contributed by atoms with Gasteiger partial charge in [0.25, 0.3) is 5.22 Å². The molecule has 24 heavy (non-hydrogen) atoms. The number of benzene rings is 2. The van der Waals surface area contributed by atoms with Gasteiger partial charge in [0.2, 0.25) is 5.91 Å². The van der Waals surface area contributed by atoms with E-state index in [9.17, 15) is 9.59 Å². The van der Waals surface area contributed by atoms with Crippen LogP contribution in [0.2, 0.25) is 0 Å². The van der Waals surface area contributed by atoms with Crippen LogP contribution in [0.25, 0.3) is 11.1 Å². The quantitative estimate of drug-likeness (QED) is 0.689. The Labute approximate surface area is 141 Å². The Morgan fingerprint density at radius 1 is 1.21 bits per heavy atom. The number of hydrogen-bond donors (Lipinski definition) is 2. The molecular formula is C17H14N2O4S. The van der Waals surface area contributed by atoms with Gasteiger partial charge in [-0.3, -0.25) is 4.79 Å². The molecule has 3 rings (SSSR count). The van der Waals surface area contributed by atoms with Crippen molar-refractivity contribution in [3.63, 3.8) is 0 Å². The molecule has 0 aliphatic carbocycles. The summed E-state index contributed by atoms with van der Waals surface area (Å²) in [5.74, 6) is -1.08. The van der Waals surface area contributed by atoms with Crippen molar-refractivity contribution in [1.29, 1.82) is 0 Å². The van der Waals surface area contributed by atoms with Gasteiger partial charge in [0, 0.05) is 5.69 Å². The molecule has 0 radical (unpaired) electrons. The average Bonchev–Trinajstić information content (AvgIpc) is 2.95. The molecule has 0 atom stereocenters. The molecular weight excluding hydrogens is 328 g/mol. The molecule has 2 N–H and O–H groups in total. The van der Waals surface area contributed by atoms with Gasteiger partial charge in [0.05, 0.1) is 11.3 Å². The van der Waals surface area contributed by atoms with E-state index in [1.165, 1.54) is 23.9 Å². The van der Waals surface area contributed by atoms with Crippen molar-refractivity contribution in [2.24, 2.45) is 0 Å². The first kappa shape index (κ1) is 16.1. The van der Waals surface area contributed by atoms with Gasteiger partial charge in [-0.15, -0.1) is 0 Å². The molecule has 0 unspecified atom stereocenters. The molecule has 0 fully saturated rings. The molecule has 122 valence electrons. The molecule has 0 saturated carbocycles. The zero-order valence-electron chi connectivity index (χ0n) is 12.8. The van der Waals surface area contributed by atoms with Gasteiger partial charge in [-0.05, 0) is 48.9 Å². The van der Waals surface area contributed by atoms with Gasteiger partial charge < -0.3 is 14.8 Å². The second kappa shape index (κ2) is 6.76. The van der Waals surface area contributed by atoms with Gasteiger partial charge in [0.1, 0.15) is 5.52 Å². The van der Waals surface area contributed by atoms with E-state index in [0.29, 0.717) is 16.5 Å². The highest BCUT2D eigenvalue weighted by atomic mass is 32.2. The summed E-state index contributed by atoms with van der Waals surface area (Å²) in [6, 6.07) is 11.7. The summed E-state index contributed by atoms with van der Waals surface area (Å²) in [5, 5.41) is 12.0. The fraction of sp³-hybridized carbons (Fsp3) is 0.118. The molecule has 0 bridgehead atoms. The Morgan fingerprint density at radius 3 is 2.67 bits per heavy atom. The monoisotopic (exact) mass is 342 g/mol. The minimum Gasteiger partial charge on any atom is -0.478 e. The van der Waals surface area contributed by atoms with Crippen molar-refractivity contribution in [2.75, 3.05) is 11.1 Å². The predicted molar refractivity (Wildman–Crippen MR) is 91.5 cm³/mol. The molecule has 0 aliphatic rings. The summed E-state index contributed by atoms with van der Waals surface area (Å²) >= 11 is 1.20. The van der Waals surface area contributed by atoms with E-state index in [-0.39, 0.29) is 17.2 Å². The fourth-order valence-electron chi connectivity index (χ4n) is 2.09. The van der Waals surface area contributed by atoms with Crippen LogP contribution in [0.3, 0.4) is 0 Å². The van der Waals surface area contributed by atoms with E-state index in [4.69, 9.17) is 9.52 Å². The number of nitrogens with zero attached hydrogens (tertiary/aromatic N) is 1. The van der Waals surface area contributed by atoms with E-state index >= 15 is 0 Å². The number of carboxylic acid groups (broad SMARTS) is 1. The lowest BCUT2D eigenvalue weighted by Crippen LogP contribution is -2.14. The van der Waals surface area contributed by atoms with Gasteiger partial charge in [-0.2, -0.15) is 0 Å². The van der Waals surface area contributed by atoms with Crippen molar-refractivity contribution in [2.45, 2.75) is 12.1 Å². The first-order valence-electron chi connectivity index (χ1n) is 7.14. The smallest absolute Gasteiger partial charge is 0.335 e. The van der Waals surface area contributed by atoms with Crippen molar-refractivity contribution in [3.8, 4) is 0 Å². The van der Waals surface area contributed by atoms with Crippen LogP contribution in [0, 0.1) is 6.92 Å². The van der Waals surface area contributed by atoms with Crippen LogP contribution in [-0.4, -0.2) is 27.7 Å².